The number of ether oxygens (including phenoxy) is 3. The summed E-state index contributed by atoms with van der Waals surface area (Å²) in [5.41, 5.74) is 2.29. The van der Waals surface area contributed by atoms with Crippen LogP contribution < -0.4 is 14.8 Å². The third kappa shape index (κ3) is 4.69. The molecular formula is C23H24N2O5S. The van der Waals surface area contributed by atoms with Gasteiger partial charge in [-0.1, -0.05) is 24.3 Å². The molecule has 0 fully saturated rings. The average molecular weight is 441 g/mol. The summed E-state index contributed by atoms with van der Waals surface area (Å²) in [7, 11) is 3.12. The molecule has 1 heterocycles. The lowest BCUT2D eigenvalue weighted by Gasteiger charge is -2.35. The largest absolute Gasteiger partial charge is 0.490 e. The normalized spacial score (nSPS) is 15.9. The number of nitrogens with one attached hydrogen (secondary N) is 1. The Labute approximate surface area is 186 Å². The Bertz CT molecular complexity index is 1040. The fourth-order valence-corrected chi connectivity index (χ4v) is 3.50. The van der Waals surface area contributed by atoms with E-state index < -0.39 is 18.0 Å². The number of thiocarbonyl (C=S) groups is 1. The molecule has 0 saturated heterocycles. The van der Waals surface area contributed by atoms with E-state index in [-0.39, 0.29) is 5.75 Å². The molecule has 162 valence electrons. The predicted octanol–water partition coefficient (Wildman–Crippen LogP) is 3.61. The lowest BCUT2D eigenvalue weighted by molar-refractivity contribution is -0.136. The maximum Gasteiger partial charge on any atom is 0.343 e. The second-order valence-electron chi connectivity index (χ2n) is 6.83. The standard InChI is InChI=1S/C23H24N2O5S/c1-5-29-18-13-16(11-12-17(18)30-21(26)15-9-7-6-8-10-15)20-19(22(27)28-4)14(2)25(3)23(31)24-20/h6-13,20H,5H2,1-4H3,(H,24,31)/t20-/m1/s1. The van der Waals surface area contributed by atoms with Crippen molar-refractivity contribution in [2.24, 2.45) is 0 Å². The molecule has 2 aromatic carbocycles. The first-order valence-corrected chi connectivity index (χ1v) is 10.2. The van der Waals surface area contributed by atoms with E-state index in [0.717, 1.165) is 5.56 Å². The van der Waals surface area contributed by atoms with Gasteiger partial charge in [-0.25, -0.2) is 9.59 Å². The molecule has 0 unspecified atom stereocenters. The molecule has 1 N–H and O–H groups in total. The van der Waals surface area contributed by atoms with Crippen molar-refractivity contribution in [3.8, 4) is 11.5 Å². The van der Waals surface area contributed by atoms with Crippen LogP contribution in [-0.4, -0.2) is 42.7 Å². The summed E-state index contributed by atoms with van der Waals surface area (Å²) in [6, 6.07) is 13.3. The van der Waals surface area contributed by atoms with Gasteiger partial charge in [0.25, 0.3) is 0 Å². The van der Waals surface area contributed by atoms with Crippen LogP contribution in [0.5, 0.6) is 11.5 Å². The Balaban J connectivity index is 1.98. The minimum Gasteiger partial charge on any atom is -0.490 e. The molecule has 0 amide bonds. The maximum absolute atomic E-state index is 12.5. The van der Waals surface area contributed by atoms with E-state index in [9.17, 15) is 9.59 Å². The van der Waals surface area contributed by atoms with Crippen LogP contribution in [-0.2, 0) is 9.53 Å². The molecule has 1 aliphatic rings. The Kier molecular flexibility index (Phi) is 6.91. The van der Waals surface area contributed by atoms with Crippen LogP contribution in [0.2, 0.25) is 0 Å². The van der Waals surface area contributed by atoms with Gasteiger partial charge in [-0.2, -0.15) is 0 Å². The van der Waals surface area contributed by atoms with Crippen LogP contribution in [0.4, 0.5) is 0 Å². The van der Waals surface area contributed by atoms with Crippen LogP contribution in [0, 0.1) is 0 Å². The highest BCUT2D eigenvalue weighted by Gasteiger charge is 2.33. The van der Waals surface area contributed by atoms with Crippen LogP contribution in [0.15, 0.2) is 59.8 Å². The predicted molar refractivity (Wildman–Crippen MR) is 120 cm³/mol. The SMILES string of the molecule is CCOc1cc([C@H]2NC(=S)N(C)C(C)=C2C(=O)OC)ccc1OC(=O)c1ccccc1. The number of hydrogen-bond acceptors (Lipinski definition) is 6. The van der Waals surface area contributed by atoms with Crippen LogP contribution in [0.3, 0.4) is 0 Å². The van der Waals surface area contributed by atoms with Crippen molar-refractivity contribution in [1.29, 1.82) is 0 Å². The summed E-state index contributed by atoms with van der Waals surface area (Å²) in [4.78, 5) is 26.7. The Hall–Kier alpha value is -3.39. The average Bonchev–Trinajstić information content (AvgIpc) is 2.78. The van der Waals surface area contributed by atoms with Gasteiger partial charge in [-0.15, -0.1) is 0 Å². The van der Waals surface area contributed by atoms with Gasteiger partial charge in [0.15, 0.2) is 16.6 Å². The second-order valence-corrected chi connectivity index (χ2v) is 7.21. The maximum atomic E-state index is 12.5. The van der Waals surface area contributed by atoms with Crippen molar-refractivity contribution >= 4 is 29.3 Å². The fraction of sp³-hybridized carbons (Fsp3) is 0.261. The van der Waals surface area contributed by atoms with Crippen molar-refractivity contribution < 1.29 is 23.8 Å². The van der Waals surface area contributed by atoms with Gasteiger partial charge in [0.2, 0.25) is 0 Å². The van der Waals surface area contributed by atoms with Gasteiger partial charge in [0.05, 0.1) is 30.9 Å². The van der Waals surface area contributed by atoms with Gasteiger partial charge in [0, 0.05) is 12.7 Å². The number of esters is 2. The lowest BCUT2D eigenvalue weighted by atomic mass is 9.95. The van der Waals surface area contributed by atoms with Gasteiger partial charge in [-0.3, -0.25) is 0 Å². The van der Waals surface area contributed by atoms with Crippen LogP contribution in [0.1, 0.15) is 35.8 Å². The summed E-state index contributed by atoms with van der Waals surface area (Å²) in [6.07, 6.45) is 0. The molecule has 0 bridgehead atoms. The first kappa shape index (κ1) is 22.3. The topological polar surface area (TPSA) is 77.1 Å². The number of nitrogens with zero attached hydrogens (tertiary/aromatic N) is 1. The summed E-state index contributed by atoms with van der Waals surface area (Å²) < 4.78 is 16.3. The van der Waals surface area contributed by atoms with Crippen LogP contribution in [0.25, 0.3) is 0 Å². The van der Waals surface area contributed by atoms with Gasteiger partial charge in [0.1, 0.15) is 0 Å². The smallest absolute Gasteiger partial charge is 0.343 e. The molecule has 3 rings (SSSR count). The van der Waals surface area contributed by atoms with E-state index in [1.807, 2.05) is 19.9 Å². The number of carbonyl (C=O) groups excluding carboxylic acids is 2. The molecule has 7 nitrogen and oxygen atoms in total. The Morgan fingerprint density at radius 3 is 2.45 bits per heavy atom. The van der Waals surface area contributed by atoms with E-state index in [4.69, 9.17) is 26.4 Å². The van der Waals surface area contributed by atoms with Crippen molar-refractivity contribution in [1.82, 2.24) is 10.2 Å². The van der Waals surface area contributed by atoms with Gasteiger partial charge >= 0.3 is 11.9 Å². The van der Waals surface area contributed by atoms with E-state index in [1.54, 1.807) is 54.4 Å². The Morgan fingerprint density at radius 2 is 1.81 bits per heavy atom. The van der Waals surface area contributed by atoms with Crippen molar-refractivity contribution in [2.45, 2.75) is 19.9 Å². The van der Waals surface area contributed by atoms with E-state index in [2.05, 4.69) is 5.32 Å². The highest BCUT2D eigenvalue weighted by atomic mass is 32.1. The molecular weight excluding hydrogens is 416 g/mol. The number of hydrogen-bond donors (Lipinski definition) is 1. The second kappa shape index (κ2) is 9.61. The van der Waals surface area contributed by atoms with Crippen molar-refractivity contribution in [2.75, 3.05) is 20.8 Å². The molecule has 2 aromatic rings. The first-order valence-electron chi connectivity index (χ1n) is 9.74. The molecule has 31 heavy (non-hydrogen) atoms. The molecule has 0 spiro atoms. The summed E-state index contributed by atoms with van der Waals surface area (Å²) in [6.45, 7) is 4.02. The quantitative estimate of drug-likeness (QED) is 0.415. The molecule has 0 aromatic heterocycles. The first-order chi connectivity index (χ1) is 14.9. The zero-order chi connectivity index (χ0) is 22.5. The van der Waals surface area contributed by atoms with E-state index in [0.29, 0.717) is 34.3 Å². The molecule has 0 saturated carbocycles. The number of benzene rings is 2. The van der Waals surface area contributed by atoms with Gasteiger partial charge < -0.3 is 24.4 Å². The monoisotopic (exact) mass is 440 g/mol. The number of rotatable bonds is 6. The summed E-state index contributed by atoms with van der Waals surface area (Å²) in [5.74, 6) is -0.270. The van der Waals surface area contributed by atoms with Crippen LogP contribution >= 0.6 is 12.2 Å². The Morgan fingerprint density at radius 1 is 1.10 bits per heavy atom. The fourth-order valence-electron chi connectivity index (χ4n) is 3.25. The molecule has 8 heteroatoms. The van der Waals surface area contributed by atoms with Crippen molar-refractivity contribution in [3.63, 3.8) is 0 Å². The number of allylic oxidation sites excluding steroid dienone is 1. The lowest BCUT2D eigenvalue weighted by Crippen LogP contribution is -2.46. The van der Waals surface area contributed by atoms with E-state index in [1.165, 1.54) is 7.11 Å². The number of carbonyl (C=O) groups is 2. The van der Waals surface area contributed by atoms with E-state index >= 15 is 0 Å². The number of methoxy groups -OCH3 is 1. The minimum absolute atomic E-state index is 0.287. The third-order valence-corrected chi connectivity index (χ3v) is 5.36. The molecule has 1 aliphatic heterocycles. The zero-order valence-electron chi connectivity index (χ0n) is 17.8. The molecule has 1 atom stereocenters. The molecule has 0 radical (unpaired) electrons. The highest BCUT2D eigenvalue weighted by molar-refractivity contribution is 7.80. The third-order valence-electron chi connectivity index (χ3n) is 4.97. The molecule has 0 aliphatic carbocycles. The minimum atomic E-state index is -0.533. The zero-order valence-corrected chi connectivity index (χ0v) is 18.6. The van der Waals surface area contributed by atoms with Crippen molar-refractivity contribution in [3.05, 3.63) is 70.9 Å². The highest BCUT2D eigenvalue weighted by Crippen LogP contribution is 2.36. The van der Waals surface area contributed by atoms with Gasteiger partial charge in [-0.05, 0) is 55.9 Å². The summed E-state index contributed by atoms with van der Waals surface area (Å²) >= 11 is 5.41. The summed E-state index contributed by atoms with van der Waals surface area (Å²) in [5, 5.41) is 3.65.